The number of carbonyl (C=O) groups is 1. The van der Waals surface area contributed by atoms with Crippen molar-refractivity contribution >= 4 is 26.1 Å². The minimum absolute atomic E-state index is 0.465. The molecule has 0 spiro atoms. The molecule has 0 saturated heterocycles. The molecule has 0 aliphatic rings. The van der Waals surface area contributed by atoms with E-state index in [2.05, 4.69) is 18.9 Å². The molecule has 5 N–H and O–H groups in total. The first-order valence-electron chi connectivity index (χ1n) is 4.40. The van der Waals surface area contributed by atoms with Crippen LogP contribution in [0.1, 0.15) is 6.92 Å². The van der Waals surface area contributed by atoms with Crippen molar-refractivity contribution in [2.24, 2.45) is 5.73 Å². The summed E-state index contributed by atoms with van der Waals surface area (Å²) in [4.78, 5) is 9.47. The summed E-state index contributed by atoms with van der Waals surface area (Å²) in [6, 6.07) is 0. The second kappa shape index (κ2) is 10.6. The number of aliphatic hydroxyl groups is 1. The fourth-order valence-corrected chi connectivity index (χ4v) is 0.914. The molecule has 9 nitrogen and oxygen atoms in total. The molecule has 0 aromatic rings. The summed E-state index contributed by atoms with van der Waals surface area (Å²) in [6.07, 6.45) is 0.0602. The summed E-state index contributed by atoms with van der Waals surface area (Å²) < 4.78 is 54.2. The van der Waals surface area contributed by atoms with E-state index in [1.54, 1.807) is 0 Å². The van der Waals surface area contributed by atoms with E-state index in [0.717, 1.165) is 6.08 Å². The number of hydrogen-bond acceptors (Lipinski definition) is 6. The Bertz CT molecular complexity index is 465. The Kier molecular flexibility index (Phi) is 12.8. The molecular weight excluding hydrogens is 302 g/mol. The van der Waals surface area contributed by atoms with Gasteiger partial charge in [-0.3, -0.25) is 13.9 Å². The average Bonchev–Trinajstić information content (AvgIpc) is 2.14. The van der Waals surface area contributed by atoms with Crippen LogP contribution in [-0.4, -0.2) is 48.8 Å². The third kappa shape index (κ3) is 47.6. The van der Waals surface area contributed by atoms with Gasteiger partial charge in [-0.1, -0.05) is 13.2 Å². The predicted molar refractivity (Wildman–Crippen MR) is 69.2 cm³/mol. The molecule has 0 rings (SSSR count). The third-order valence-corrected chi connectivity index (χ3v) is 2.19. The monoisotopic (exact) mass is 319 g/mol. The zero-order chi connectivity index (χ0) is 16.3. The van der Waals surface area contributed by atoms with Gasteiger partial charge in [0.15, 0.2) is 0 Å². The van der Waals surface area contributed by atoms with Crippen molar-refractivity contribution in [3.05, 3.63) is 24.6 Å². The lowest BCUT2D eigenvalue weighted by Gasteiger charge is -1.97. The SMILES string of the molecule is C=CC(N)=O.C=CS(=O)(=O)O.CC(O)CS(=O)(=O)O. The lowest BCUT2D eigenvalue weighted by atomic mass is 10.5. The molecule has 0 aromatic carbocycles. The standard InChI is InChI=1S/C3H5NO.C3H8O4S.C2H4O3S/c1-2-3(4)5;1-3(4)2-8(5,6)7;1-2-6(3,4)5/h2H,1H2,(H2,4,5);3-4H,2H2,1H3,(H,5,6,7);2H,1H2,(H,3,4,5). The van der Waals surface area contributed by atoms with Crippen LogP contribution in [0.3, 0.4) is 0 Å². The summed E-state index contributed by atoms with van der Waals surface area (Å²) in [5, 5.41) is 8.81. The second-order valence-electron chi connectivity index (χ2n) is 2.89. The Morgan fingerprint density at radius 1 is 1.26 bits per heavy atom. The van der Waals surface area contributed by atoms with E-state index >= 15 is 0 Å². The highest BCUT2D eigenvalue weighted by atomic mass is 32.2. The fourth-order valence-electron chi connectivity index (χ4n) is 0.305. The first-order chi connectivity index (χ1) is 8.25. The molecule has 0 aliphatic heterocycles. The lowest BCUT2D eigenvalue weighted by molar-refractivity contribution is -0.113. The highest BCUT2D eigenvalue weighted by Gasteiger charge is 2.07. The lowest BCUT2D eigenvalue weighted by Crippen LogP contribution is -2.16. The van der Waals surface area contributed by atoms with E-state index in [1.165, 1.54) is 6.92 Å². The molecule has 0 radical (unpaired) electrons. The summed E-state index contributed by atoms with van der Waals surface area (Å²) in [5.74, 6) is -1.07. The Balaban J connectivity index is -0.000000209. The number of carbonyl (C=O) groups excluding carboxylic acids is 1. The maximum absolute atomic E-state index is 9.84. The van der Waals surface area contributed by atoms with Crippen molar-refractivity contribution in [1.82, 2.24) is 0 Å². The van der Waals surface area contributed by atoms with Gasteiger partial charge in [0.05, 0.1) is 11.5 Å². The number of amides is 1. The maximum atomic E-state index is 9.84. The van der Waals surface area contributed by atoms with Gasteiger partial charge in [-0.2, -0.15) is 16.8 Å². The van der Waals surface area contributed by atoms with Crippen LogP contribution in [-0.2, 0) is 25.0 Å². The van der Waals surface area contributed by atoms with Crippen molar-refractivity contribution in [3.63, 3.8) is 0 Å². The predicted octanol–water partition coefficient (Wildman–Crippen LogP) is -1.07. The molecule has 0 heterocycles. The van der Waals surface area contributed by atoms with Crippen molar-refractivity contribution in [2.45, 2.75) is 13.0 Å². The molecule has 0 bridgehead atoms. The van der Waals surface area contributed by atoms with Crippen LogP contribution in [0.2, 0.25) is 0 Å². The van der Waals surface area contributed by atoms with Gasteiger partial charge in [-0.05, 0) is 13.0 Å². The molecule has 1 unspecified atom stereocenters. The van der Waals surface area contributed by atoms with Crippen molar-refractivity contribution in [2.75, 3.05) is 5.75 Å². The van der Waals surface area contributed by atoms with Crippen LogP contribution in [0.15, 0.2) is 24.6 Å². The Morgan fingerprint density at radius 3 is 1.53 bits per heavy atom. The van der Waals surface area contributed by atoms with Gasteiger partial charge in [0.25, 0.3) is 20.2 Å². The van der Waals surface area contributed by atoms with Crippen molar-refractivity contribution in [1.29, 1.82) is 0 Å². The number of primary amides is 1. The number of hydrogen-bond donors (Lipinski definition) is 4. The molecule has 19 heavy (non-hydrogen) atoms. The molecule has 1 amide bonds. The summed E-state index contributed by atoms with van der Waals surface area (Å²) in [5.41, 5.74) is 4.53. The topological polar surface area (TPSA) is 172 Å². The number of rotatable bonds is 4. The van der Waals surface area contributed by atoms with Crippen molar-refractivity contribution < 1.29 is 35.8 Å². The van der Waals surface area contributed by atoms with Crippen LogP contribution < -0.4 is 5.73 Å². The third-order valence-electron chi connectivity index (χ3n) is 0.864. The van der Waals surface area contributed by atoms with Crippen LogP contribution in [0.5, 0.6) is 0 Å². The maximum Gasteiger partial charge on any atom is 0.287 e. The van der Waals surface area contributed by atoms with Gasteiger partial charge in [-0.25, -0.2) is 0 Å². The van der Waals surface area contributed by atoms with Gasteiger partial charge in [-0.15, -0.1) is 0 Å². The van der Waals surface area contributed by atoms with Crippen molar-refractivity contribution in [3.8, 4) is 0 Å². The summed E-state index contributed by atoms with van der Waals surface area (Å²) in [7, 11) is -7.87. The largest absolute Gasteiger partial charge is 0.392 e. The van der Waals surface area contributed by atoms with E-state index in [-0.39, 0.29) is 0 Å². The zero-order valence-corrected chi connectivity index (χ0v) is 11.8. The van der Waals surface area contributed by atoms with E-state index in [0.29, 0.717) is 5.41 Å². The average molecular weight is 319 g/mol. The molecule has 0 aliphatic carbocycles. The van der Waals surface area contributed by atoms with Crippen LogP contribution >= 0.6 is 0 Å². The number of aliphatic hydroxyl groups excluding tert-OH is 1. The molecule has 1 atom stereocenters. The first kappa shape index (κ1) is 22.9. The highest BCUT2D eigenvalue weighted by molar-refractivity contribution is 7.88. The van der Waals surface area contributed by atoms with Gasteiger partial charge >= 0.3 is 0 Å². The molecule has 0 fully saturated rings. The molecule has 0 aromatic heterocycles. The first-order valence-corrected chi connectivity index (χ1v) is 7.51. The van der Waals surface area contributed by atoms with Gasteiger partial charge < -0.3 is 10.8 Å². The normalized spacial score (nSPS) is 11.8. The number of nitrogens with two attached hydrogens (primary N) is 1. The minimum atomic E-state index is -3.97. The zero-order valence-electron chi connectivity index (χ0n) is 10.1. The Labute approximate surface area is 111 Å². The molecule has 0 saturated carbocycles. The van der Waals surface area contributed by atoms with E-state index < -0.39 is 38.0 Å². The molecule has 11 heteroatoms. The van der Waals surface area contributed by atoms with Gasteiger partial charge in [0.2, 0.25) is 5.91 Å². The smallest absolute Gasteiger partial charge is 0.287 e. The second-order valence-corrected chi connectivity index (χ2v) is 5.75. The highest BCUT2D eigenvalue weighted by Crippen LogP contribution is 1.86. The van der Waals surface area contributed by atoms with E-state index in [1.807, 2.05) is 0 Å². The molecule has 114 valence electrons. The Hall–Kier alpha value is -1.27. The Morgan fingerprint density at radius 2 is 1.53 bits per heavy atom. The van der Waals surface area contributed by atoms with Crippen LogP contribution in [0.4, 0.5) is 0 Å². The van der Waals surface area contributed by atoms with Gasteiger partial charge in [0, 0.05) is 0 Å². The van der Waals surface area contributed by atoms with E-state index in [9.17, 15) is 21.6 Å². The minimum Gasteiger partial charge on any atom is -0.392 e. The quantitative estimate of drug-likeness (QED) is 0.374. The van der Waals surface area contributed by atoms with Crippen LogP contribution in [0.25, 0.3) is 0 Å². The van der Waals surface area contributed by atoms with E-state index in [4.69, 9.17) is 14.2 Å². The summed E-state index contributed by atoms with van der Waals surface area (Å²) >= 11 is 0. The fraction of sp³-hybridized carbons (Fsp3) is 0.375. The molecular formula is C8H17NO8S2. The van der Waals surface area contributed by atoms with Gasteiger partial charge in [0.1, 0.15) is 5.75 Å². The van der Waals surface area contributed by atoms with Crippen LogP contribution in [0, 0.1) is 0 Å². The summed E-state index contributed by atoms with van der Waals surface area (Å²) in [6.45, 7) is 7.17.